The lowest BCUT2D eigenvalue weighted by Crippen LogP contribution is -2.06. The number of aliphatic carboxylic acids is 1. The van der Waals surface area contributed by atoms with Crippen molar-refractivity contribution >= 4 is 12.0 Å². The van der Waals surface area contributed by atoms with Crippen molar-refractivity contribution in [1.29, 1.82) is 0 Å². The number of carbonyl (C=O) groups is 1. The van der Waals surface area contributed by atoms with Gasteiger partial charge < -0.3 is 9.84 Å². The quantitative estimate of drug-likeness (QED) is 0.284. The van der Waals surface area contributed by atoms with Crippen LogP contribution in [-0.4, -0.2) is 36.9 Å². The fraction of sp³-hybridized carbons (Fsp3) is 0.556. The van der Waals surface area contributed by atoms with Gasteiger partial charge in [0.05, 0.1) is 19.8 Å². The second kappa shape index (κ2) is 8.16. The Morgan fingerprint density at radius 3 is 2.79 bits per heavy atom. The zero-order valence-electron chi connectivity index (χ0n) is 8.02. The molecule has 78 valence electrons. The molecule has 0 atom stereocenters. The first-order valence-corrected chi connectivity index (χ1v) is 4.22. The van der Waals surface area contributed by atoms with Crippen LogP contribution < -0.4 is 0 Å². The lowest BCUT2D eigenvalue weighted by Gasteiger charge is -2.02. The summed E-state index contributed by atoms with van der Waals surface area (Å²) in [5, 5.41) is 8.62. The van der Waals surface area contributed by atoms with E-state index in [0.29, 0.717) is 25.2 Å². The lowest BCUT2D eigenvalue weighted by molar-refractivity contribution is -0.132. The molecule has 0 aromatic heterocycles. The van der Waals surface area contributed by atoms with E-state index in [1.54, 1.807) is 6.92 Å². The van der Waals surface area contributed by atoms with Crippen LogP contribution in [0.15, 0.2) is 16.6 Å². The van der Waals surface area contributed by atoms with Crippen molar-refractivity contribution in [1.82, 2.24) is 0 Å². The Morgan fingerprint density at radius 1 is 1.57 bits per heavy atom. The maximum Gasteiger partial charge on any atom is 0.331 e. The average molecular weight is 199 g/mol. The molecule has 0 spiro atoms. The highest BCUT2D eigenvalue weighted by atomic mass is 16.5. The summed E-state index contributed by atoms with van der Waals surface area (Å²) in [7, 11) is 0. The van der Waals surface area contributed by atoms with Crippen molar-refractivity contribution in [3.63, 3.8) is 0 Å². The average Bonchev–Trinajstić information content (AvgIpc) is 2.16. The summed E-state index contributed by atoms with van der Waals surface area (Å²) in [4.78, 5) is 23.4. The molecule has 0 saturated heterocycles. The van der Waals surface area contributed by atoms with Crippen LogP contribution in [0.3, 0.4) is 0 Å². The van der Waals surface area contributed by atoms with Crippen molar-refractivity contribution in [3.05, 3.63) is 11.6 Å². The number of carboxylic acids is 1. The normalized spacial score (nSPS) is 10.8. The smallest absolute Gasteiger partial charge is 0.331 e. The molecule has 0 bridgehead atoms. The fourth-order valence-electron chi connectivity index (χ4n) is 0.815. The largest absolute Gasteiger partial charge is 0.478 e. The molecule has 0 radical (unpaired) electrons. The van der Waals surface area contributed by atoms with Crippen LogP contribution in [0, 0.1) is 0 Å². The summed E-state index contributed by atoms with van der Waals surface area (Å²) in [6.45, 7) is 2.56. The molecule has 14 heavy (non-hydrogen) atoms. The highest BCUT2D eigenvalue weighted by molar-refractivity contribution is 5.86. The Morgan fingerprint density at radius 2 is 2.29 bits per heavy atom. The predicted octanol–water partition coefficient (Wildman–Crippen LogP) is 0.760. The molecular formula is C9H13NO4. The molecule has 0 fully saturated rings. The first-order valence-electron chi connectivity index (χ1n) is 4.22. The maximum atomic E-state index is 10.5. The number of aliphatic imine (C=N–C) groups is 1. The van der Waals surface area contributed by atoms with E-state index < -0.39 is 5.97 Å². The number of hydrogen-bond donors (Lipinski definition) is 1. The number of ether oxygens (including phenoxy) is 1. The van der Waals surface area contributed by atoms with E-state index in [1.165, 1.54) is 12.2 Å². The van der Waals surface area contributed by atoms with Gasteiger partial charge in [0.25, 0.3) is 0 Å². The van der Waals surface area contributed by atoms with Gasteiger partial charge in [-0.2, -0.15) is 0 Å². The molecule has 0 amide bonds. The van der Waals surface area contributed by atoms with Crippen molar-refractivity contribution in [2.75, 3.05) is 19.8 Å². The number of carboxylic acid groups (broad SMARTS) is 1. The van der Waals surface area contributed by atoms with Crippen LogP contribution in [0.2, 0.25) is 0 Å². The van der Waals surface area contributed by atoms with E-state index in [0.717, 1.165) is 0 Å². The lowest BCUT2D eigenvalue weighted by atomic mass is 10.2. The zero-order valence-corrected chi connectivity index (χ0v) is 8.02. The highest BCUT2D eigenvalue weighted by Crippen LogP contribution is 2.01. The Hall–Kier alpha value is -1.45. The molecule has 0 aliphatic carbocycles. The van der Waals surface area contributed by atoms with E-state index in [4.69, 9.17) is 9.84 Å². The van der Waals surface area contributed by atoms with Gasteiger partial charge in [0, 0.05) is 12.0 Å². The van der Waals surface area contributed by atoms with Crippen molar-refractivity contribution in [2.24, 2.45) is 4.99 Å². The predicted molar refractivity (Wildman–Crippen MR) is 49.8 cm³/mol. The second-order valence-electron chi connectivity index (χ2n) is 2.45. The minimum Gasteiger partial charge on any atom is -0.478 e. The van der Waals surface area contributed by atoms with Gasteiger partial charge in [-0.25, -0.2) is 14.6 Å². The molecule has 0 aromatic rings. The molecule has 0 saturated carbocycles. The summed E-state index contributed by atoms with van der Waals surface area (Å²) >= 11 is 0. The standard InChI is InChI=1S/C9H13NO4/c1-2-8(9(12)13)3-5-14-6-4-10-7-11/h2H,3-6H2,1H3,(H,12,13)/b8-2+. The molecule has 0 aliphatic heterocycles. The van der Waals surface area contributed by atoms with Crippen molar-refractivity contribution < 1.29 is 19.4 Å². The van der Waals surface area contributed by atoms with E-state index in [1.807, 2.05) is 0 Å². The Kier molecular flexibility index (Phi) is 7.32. The first-order chi connectivity index (χ1) is 6.72. The molecule has 0 unspecified atom stereocenters. The van der Waals surface area contributed by atoms with Gasteiger partial charge in [-0.15, -0.1) is 0 Å². The number of carbonyl (C=O) groups excluding carboxylic acids is 1. The maximum absolute atomic E-state index is 10.5. The van der Waals surface area contributed by atoms with Crippen LogP contribution in [0.4, 0.5) is 0 Å². The summed E-state index contributed by atoms with van der Waals surface area (Å²) in [6, 6.07) is 0. The number of rotatable bonds is 7. The summed E-state index contributed by atoms with van der Waals surface area (Å²) < 4.78 is 5.04. The van der Waals surface area contributed by atoms with Crippen LogP contribution in [-0.2, 0) is 14.3 Å². The third-order valence-corrected chi connectivity index (χ3v) is 1.55. The molecule has 0 heterocycles. The fourth-order valence-corrected chi connectivity index (χ4v) is 0.815. The van der Waals surface area contributed by atoms with Gasteiger partial charge in [-0.05, 0) is 6.92 Å². The number of allylic oxidation sites excluding steroid dienone is 1. The minimum atomic E-state index is -0.929. The number of nitrogens with zero attached hydrogens (tertiary/aromatic N) is 1. The second-order valence-corrected chi connectivity index (χ2v) is 2.45. The zero-order chi connectivity index (χ0) is 10.8. The molecular weight excluding hydrogens is 186 g/mol. The monoisotopic (exact) mass is 199 g/mol. The first kappa shape index (κ1) is 12.6. The molecule has 1 N–H and O–H groups in total. The number of isocyanates is 1. The molecule has 5 nitrogen and oxygen atoms in total. The van der Waals surface area contributed by atoms with Gasteiger partial charge in [0.15, 0.2) is 0 Å². The van der Waals surface area contributed by atoms with E-state index in [-0.39, 0.29) is 6.54 Å². The van der Waals surface area contributed by atoms with Crippen molar-refractivity contribution in [2.45, 2.75) is 13.3 Å². The Balaban J connectivity index is 3.53. The molecule has 0 aliphatic rings. The van der Waals surface area contributed by atoms with Gasteiger partial charge in [0.1, 0.15) is 0 Å². The van der Waals surface area contributed by atoms with Gasteiger partial charge >= 0.3 is 5.97 Å². The van der Waals surface area contributed by atoms with Crippen molar-refractivity contribution in [3.8, 4) is 0 Å². The third kappa shape index (κ3) is 6.11. The minimum absolute atomic E-state index is 0.266. The highest BCUT2D eigenvalue weighted by Gasteiger charge is 2.04. The van der Waals surface area contributed by atoms with E-state index >= 15 is 0 Å². The summed E-state index contributed by atoms with van der Waals surface area (Å²) in [6.07, 6.45) is 3.28. The van der Waals surface area contributed by atoms with Crippen LogP contribution in [0.1, 0.15) is 13.3 Å². The third-order valence-electron chi connectivity index (χ3n) is 1.55. The molecule has 5 heteroatoms. The number of hydrogen-bond acceptors (Lipinski definition) is 4. The van der Waals surface area contributed by atoms with Gasteiger partial charge in [-0.3, -0.25) is 0 Å². The topological polar surface area (TPSA) is 76.0 Å². The van der Waals surface area contributed by atoms with Crippen LogP contribution >= 0.6 is 0 Å². The summed E-state index contributed by atoms with van der Waals surface area (Å²) in [5.74, 6) is -0.929. The Bertz CT molecular complexity index is 254. The van der Waals surface area contributed by atoms with Gasteiger partial charge in [0.2, 0.25) is 6.08 Å². The van der Waals surface area contributed by atoms with Crippen LogP contribution in [0.5, 0.6) is 0 Å². The Labute approximate surface area is 82.1 Å². The van der Waals surface area contributed by atoms with E-state index in [2.05, 4.69) is 4.99 Å². The molecule has 0 rings (SSSR count). The molecule has 0 aromatic carbocycles. The van der Waals surface area contributed by atoms with Gasteiger partial charge in [-0.1, -0.05) is 6.08 Å². The van der Waals surface area contributed by atoms with Crippen LogP contribution in [0.25, 0.3) is 0 Å². The summed E-state index contributed by atoms with van der Waals surface area (Å²) in [5.41, 5.74) is 0.323. The SMILES string of the molecule is C/C=C(\CCOCCN=C=O)C(=O)O. The van der Waals surface area contributed by atoms with E-state index in [9.17, 15) is 9.59 Å².